The van der Waals surface area contributed by atoms with E-state index in [4.69, 9.17) is 5.73 Å². The highest BCUT2D eigenvalue weighted by molar-refractivity contribution is 7.11. The lowest BCUT2D eigenvalue weighted by Crippen LogP contribution is -2.06. The fraction of sp³-hybridized carbons (Fsp3) is 0.100. The number of anilines is 1. The smallest absolute Gasteiger partial charge is 0.208 e. The Morgan fingerprint density at radius 1 is 1.47 bits per heavy atom. The van der Waals surface area contributed by atoms with Gasteiger partial charge in [0, 0.05) is 12.4 Å². The molecule has 0 saturated carbocycles. The molecule has 2 heterocycles. The molecule has 0 amide bonds. The standard InChI is InChI=1S/C10H9N3OS/c1-6-2-7(10(11)13-3-6)9(14)8-4-12-5-15-8/h2-5H,1H3,(H2,11,13). The Kier molecular flexibility index (Phi) is 2.47. The second-order valence-electron chi connectivity index (χ2n) is 3.14. The largest absolute Gasteiger partial charge is 0.383 e. The number of hydrogen-bond donors (Lipinski definition) is 1. The van der Waals surface area contributed by atoms with Crippen molar-refractivity contribution in [1.82, 2.24) is 9.97 Å². The number of pyridine rings is 1. The van der Waals surface area contributed by atoms with E-state index in [1.165, 1.54) is 17.5 Å². The lowest BCUT2D eigenvalue weighted by atomic mass is 10.1. The molecule has 0 atom stereocenters. The van der Waals surface area contributed by atoms with E-state index >= 15 is 0 Å². The number of nitrogen functional groups attached to an aromatic ring is 1. The van der Waals surface area contributed by atoms with E-state index in [0.717, 1.165) is 5.56 Å². The lowest BCUT2D eigenvalue weighted by molar-refractivity contribution is 0.104. The number of thiazole rings is 1. The number of nitrogens with zero attached hydrogens (tertiary/aromatic N) is 2. The number of carbonyl (C=O) groups excluding carboxylic acids is 1. The maximum atomic E-state index is 11.9. The van der Waals surface area contributed by atoms with Gasteiger partial charge in [0.1, 0.15) is 5.82 Å². The van der Waals surface area contributed by atoms with Crippen LogP contribution in [-0.4, -0.2) is 15.8 Å². The van der Waals surface area contributed by atoms with E-state index in [9.17, 15) is 4.79 Å². The van der Waals surface area contributed by atoms with Crippen LogP contribution >= 0.6 is 11.3 Å². The predicted molar refractivity (Wildman–Crippen MR) is 58.9 cm³/mol. The van der Waals surface area contributed by atoms with E-state index in [1.807, 2.05) is 6.92 Å². The minimum atomic E-state index is -0.119. The predicted octanol–water partition coefficient (Wildman–Crippen LogP) is 1.66. The summed E-state index contributed by atoms with van der Waals surface area (Å²) in [6, 6.07) is 1.74. The molecule has 0 radical (unpaired) electrons. The quantitative estimate of drug-likeness (QED) is 0.780. The van der Waals surface area contributed by atoms with Crippen molar-refractivity contribution in [1.29, 1.82) is 0 Å². The van der Waals surface area contributed by atoms with Crippen LogP contribution in [0.2, 0.25) is 0 Å². The number of ketones is 1. The van der Waals surface area contributed by atoms with Gasteiger partial charge >= 0.3 is 0 Å². The van der Waals surface area contributed by atoms with Crippen LogP contribution in [0.15, 0.2) is 24.0 Å². The highest BCUT2D eigenvalue weighted by Crippen LogP contribution is 2.17. The molecule has 0 saturated heterocycles. The molecule has 0 aliphatic carbocycles. The molecule has 5 heteroatoms. The number of carbonyl (C=O) groups is 1. The van der Waals surface area contributed by atoms with Crippen LogP contribution in [-0.2, 0) is 0 Å². The van der Waals surface area contributed by atoms with Gasteiger partial charge in [-0.25, -0.2) is 4.98 Å². The zero-order valence-electron chi connectivity index (χ0n) is 8.10. The molecule has 0 unspecified atom stereocenters. The summed E-state index contributed by atoms with van der Waals surface area (Å²) in [5.41, 5.74) is 8.62. The summed E-state index contributed by atoms with van der Waals surface area (Å²) in [5, 5.41) is 0. The molecule has 2 N–H and O–H groups in total. The van der Waals surface area contributed by atoms with Gasteiger partial charge in [0.25, 0.3) is 0 Å². The van der Waals surface area contributed by atoms with Crippen molar-refractivity contribution >= 4 is 22.9 Å². The monoisotopic (exact) mass is 219 g/mol. The van der Waals surface area contributed by atoms with Crippen LogP contribution in [0.3, 0.4) is 0 Å². The molecule has 0 bridgehead atoms. The normalized spacial score (nSPS) is 10.2. The summed E-state index contributed by atoms with van der Waals surface area (Å²) < 4.78 is 0. The topological polar surface area (TPSA) is 68.9 Å². The summed E-state index contributed by atoms with van der Waals surface area (Å²) in [5.74, 6) is 0.144. The van der Waals surface area contributed by atoms with E-state index in [-0.39, 0.29) is 11.6 Å². The first-order chi connectivity index (χ1) is 7.18. The molecular weight excluding hydrogens is 210 g/mol. The number of aromatic nitrogens is 2. The van der Waals surface area contributed by atoms with Gasteiger partial charge in [-0.05, 0) is 18.6 Å². The van der Waals surface area contributed by atoms with Crippen molar-refractivity contribution in [2.75, 3.05) is 5.73 Å². The van der Waals surface area contributed by atoms with Crippen molar-refractivity contribution in [3.63, 3.8) is 0 Å². The minimum absolute atomic E-state index is 0.119. The van der Waals surface area contributed by atoms with E-state index in [1.54, 1.807) is 17.8 Å². The number of aryl methyl sites for hydroxylation is 1. The van der Waals surface area contributed by atoms with E-state index in [2.05, 4.69) is 9.97 Å². The summed E-state index contributed by atoms with van der Waals surface area (Å²) in [6.45, 7) is 1.87. The van der Waals surface area contributed by atoms with Crippen molar-refractivity contribution in [2.45, 2.75) is 6.92 Å². The second kappa shape index (κ2) is 3.78. The third-order valence-corrected chi connectivity index (χ3v) is 2.73. The highest BCUT2D eigenvalue weighted by atomic mass is 32.1. The average Bonchev–Trinajstić information content (AvgIpc) is 2.74. The molecule has 0 spiro atoms. The first kappa shape index (κ1) is 9.79. The Balaban J connectivity index is 2.46. The summed E-state index contributed by atoms with van der Waals surface area (Å²) >= 11 is 1.30. The Morgan fingerprint density at radius 2 is 2.27 bits per heavy atom. The summed E-state index contributed by atoms with van der Waals surface area (Å²) in [7, 11) is 0. The van der Waals surface area contributed by atoms with Gasteiger partial charge in [-0.3, -0.25) is 9.78 Å². The van der Waals surface area contributed by atoms with Gasteiger partial charge in [-0.2, -0.15) is 0 Å². The van der Waals surface area contributed by atoms with Crippen molar-refractivity contribution in [2.24, 2.45) is 0 Å². The molecule has 4 nitrogen and oxygen atoms in total. The van der Waals surface area contributed by atoms with Crippen molar-refractivity contribution in [3.8, 4) is 0 Å². The van der Waals surface area contributed by atoms with Gasteiger partial charge in [-0.15, -0.1) is 11.3 Å². The zero-order valence-corrected chi connectivity index (χ0v) is 8.91. The zero-order chi connectivity index (χ0) is 10.8. The first-order valence-corrected chi connectivity index (χ1v) is 5.22. The molecule has 0 aliphatic rings. The highest BCUT2D eigenvalue weighted by Gasteiger charge is 2.14. The minimum Gasteiger partial charge on any atom is -0.383 e. The van der Waals surface area contributed by atoms with Crippen LogP contribution in [0, 0.1) is 6.92 Å². The molecule has 76 valence electrons. The molecular formula is C10H9N3OS. The van der Waals surface area contributed by atoms with Crippen LogP contribution in [0.1, 0.15) is 20.8 Å². The van der Waals surface area contributed by atoms with Gasteiger partial charge in [0.2, 0.25) is 5.78 Å². The lowest BCUT2D eigenvalue weighted by Gasteiger charge is -2.02. The number of rotatable bonds is 2. The Hall–Kier alpha value is -1.75. The summed E-state index contributed by atoms with van der Waals surface area (Å²) in [4.78, 5) is 20.3. The van der Waals surface area contributed by atoms with Gasteiger partial charge in [0.15, 0.2) is 0 Å². The van der Waals surface area contributed by atoms with Gasteiger partial charge < -0.3 is 5.73 Å². The fourth-order valence-electron chi connectivity index (χ4n) is 1.22. The molecule has 15 heavy (non-hydrogen) atoms. The average molecular weight is 219 g/mol. The molecule has 0 aliphatic heterocycles. The molecule has 0 aromatic carbocycles. The van der Waals surface area contributed by atoms with Crippen LogP contribution in [0.25, 0.3) is 0 Å². The maximum Gasteiger partial charge on any atom is 0.208 e. The molecule has 2 aromatic heterocycles. The fourth-order valence-corrected chi connectivity index (χ4v) is 1.80. The summed E-state index contributed by atoms with van der Waals surface area (Å²) in [6.07, 6.45) is 3.17. The maximum absolute atomic E-state index is 11.9. The van der Waals surface area contributed by atoms with Crippen LogP contribution in [0.5, 0.6) is 0 Å². The van der Waals surface area contributed by atoms with Gasteiger partial charge in [0.05, 0.1) is 16.0 Å². The Labute approximate surface area is 90.8 Å². The Morgan fingerprint density at radius 3 is 2.93 bits per heavy atom. The van der Waals surface area contributed by atoms with Crippen LogP contribution in [0.4, 0.5) is 5.82 Å². The SMILES string of the molecule is Cc1cnc(N)c(C(=O)c2cncs2)c1. The third-order valence-electron chi connectivity index (χ3n) is 1.96. The molecule has 2 rings (SSSR count). The van der Waals surface area contributed by atoms with Crippen LogP contribution < -0.4 is 5.73 Å². The van der Waals surface area contributed by atoms with E-state index in [0.29, 0.717) is 10.4 Å². The first-order valence-electron chi connectivity index (χ1n) is 4.34. The van der Waals surface area contributed by atoms with E-state index < -0.39 is 0 Å². The van der Waals surface area contributed by atoms with Crippen molar-refractivity contribution in [3.05, 3.63) is 40.0 Å². The number of hydrogen-bond acceptors (Lipinski definition) is 5. The third kappa shape index (κ3) is 1.87. The Bertz CT molecular complexity index is 493. The van der Waals surface area contributed by atoms with Crippen molar-refractivity contribution < 1.29 is 4.79 Å². The number of nitrogens with two attached hydrogens (primary N) is 1. The molecule has 0 fully saturated rings. The molecule has 2 aromatic rings. The second-order valence-corrected chi connectivity index (χ2v) is 4.03. The van der Waals surface area contributed by atoms with Gasteiger partial charge in [-0.1, -0.05) is 0 Å².